The molecule has 2 aliphatic rings. The number of nitrogens with one attached hydrogen (secondary N) is 1. The minimum absolute atomic E-state index is 0.283. The lowest BCUT2D eigenvalue weighted by Gasteiger charge is -2.28. The fraction of sp³-hybridized carbons (Fsp3) is 0.917. The Balaban J connectivity index is 1.90. The van der Waals surface area contributed by atoms with Gasteiger partial charge in [-0.05, 0) is 25.2 Å². The molecule has 0 aromatic carbocycles. The monoisotopic (exact) mass is 290 g/mol. The van der Waals surface area contributed by atoms with Gasteiger partial charge in [-0.25, -0.2) is 8.42 Å². The molecule has 0 bridgehead atoms. The van der Waals surface area contributed by atoms with Crippen LogP contribution in [0.5, 0.6) is 0 Å². The first-order valence-corrected chi connectivity index (χ1v) is 9.44. The maximum absolute atomic E-state index is 11.4. The number of hydrogen-bond acceptors (Lipinski definition) is 5. The van der Waals surface area contributed by atoms with Crippen molar-refractivity contribution < 1.29 is 8.42 Å². The van der Waals surface area contributed by atoms with Crippen molar-refractivity contribution in [2.45, 2.75) is 45.2 Å². The van der Waals surface area contributed by atoms with Gasteiger partial charge in [-0.15, -0.1) is 0 Å². The number of nitrogens with zero attached hydrogens (tertiary/aromatic N) is 1. The summed E-state index contributed by atoms with van der Waals surface area (Å²) in [5.41, 5.74) is 0. The quantitative estimate of drug-likeness (QED) is 0.840. The van der Waals surface area contributed by atoms with Gasteiger partial charge in [0.25, 0.3) is 0 Å². The molecule has 1 N–H and O–H groups in total. The Hall–Kier alpha value is -0.230. The van der Waals surface area contributed by atoms with Gasteiger partial charge < -0.3 is 5.32 Å². The summed E-state index contributed by atoms with van der Waals surface area (Å²) < 4.78 is 22.7. The minimum Gasteiger partial charge on any atom is -0.362 e. The minimum atomic E-state index is -2.77. The summed E-state index contributed by atoms with van der Waals surface area (Å²) in [5.74, 6) is 2.32. The molecule has 0 spiro atoms. The zero-order chi connectivity index (χ0) is 13.2. The highest BCUT2D eigenvalue weighted by Gasteiger charge is 2.26. The van der Waals surface area contributed by atoms with E-state index in [9.17, 15) is 8.42 Å². The number of amidine groups is 1. The van der Waals surface area contributed by atoms with Crippen LogP contribution in [0.25, 0.3) is 0 Å². The maximum atomic E-state index is 11.4. The predicted octanol–water partition coefficient (Wildman–Crippen LogP) is 1.67. The van der Waals surface area contributed by atoms with Gasteiger partial charge in [0, 0.05) is 11.8 Å². The molecule has 1 fully saturated rings. The van der Waals surface area contributed by atoms with Gasteiger partial charge in [0.15, 0.2) is 5.17 Å². The molecule has 1 saturated heterocycles. The average molecular weight is 290 g/mol. The van der Waals surface area contributed by atoms with Crippen LogP contribution in [-0.2, 0) is 9.84 Å². The molecule has 0 amide bonds. The van der Waals surface area contributed by atoms with Crippen molar-refractivity contribution in [2.24, 2.45) is 10.9 Å². The van der Waals surface area contributed by atoms with E-state index in [2.05, 4.69) is 19.2 Å². The summed E-state index contributed by atoms with van der Waals surface area (Å²) in [7, 11) is -2.77. The number of aliphatic imine (C=N–C) groups is 1. The van der Waals surface area contributed by atoms with Gasteiger partial charge in [-0.2, -0.15) is 0 Å². The second kappa shape index (κ2) is 5.82. The van der Waals surface area contributed by atoms with Crippen LogP contribution in [0.1, 0.15) is 33.1 Å². The Kier molecular flexibility index (Phi) is 4.59. The summed E-state index contributed by atoms with van der Waals surface area (Å²) in [4.78, 5) is 4.73. The van der Waals surface area contributed by atoms with Crippen LogP contribution in [0.2, 0.25) is 0 Å². The molecule has 0 aliphatic carbocycles. The first-order chi connectivity index (χ1) is 8.46. The summed E-state index contributed by atoms with van der Waals surface area (Å²) in [5, 5.41) is 4.45. The first-order valence-electron chi connectivity index (χ1n) is 6.64. The Morgan fingerprint density at radius 1 is 1.28 bits per heavy atom. The van der Waals surface area contributed by atoms with Crippen molar-refractivity contribution in [3.05, 3.63) is 0 Å². The van der Waals surface area contributed by atoms with Gasteiger partial charge >= 0.3 is 0 Å². The number of sulfone groups is 1. The standard InChI is InChI=1S/C12H22N2O2S2/c1-9(2)11-3-6-17-12(14-11)13-10-4-7-18(15,16)8-5-10/h9-11H,3-8H2,1-2H3,(H,13,14). The molecule has 0 radical (unpaired) electrons. The molecule has 4 nitrogen and oxygen atoms in total. The van der Waals surface area contributed by atoms with Crippen molar-refractivity contribution >= 4 is 26.8 Å². The average Bonchev–Trinajstić information content (AvgIpc) is 2.32. The van der Waals surface area contributed by atoms with Crippen LogP contribution < -0.4 is 5.32 Å². The van der Waals surface area contributed by atoms with Crippen LogP contribution in [0, 0.1) is 5.92 Å². The molecule has 2 aliphatic heterocycles. The second-order valence-corrected chi connectivity index (χ2v) is 8.84. The van der Waals surface area contributed by atoms with Gasteiger partial charge in [0.1, 0.15) is 9.84 Å². The fourth-order valence-electron chi connectivity index (χ4n) is 2.30. The lowest BCUT2D eigenvalue weighted by atomic mass is 10.0. The first kappa shape index (κ1) is 14.2. The molecular formula is C12H22N2O2S2. The van der Waals surface area contributed by atoms with E-state index in [1.807, 2.05) is 0 Å². The Morgan fingerprint density at radius 2 is 1.94 bits per heavy atom. The number of rotatable bonds is 2. The molecule has 104 valence electrons. The molecule has 1 unspecified atom stereocenters. The molecule has 18 heavy (non-hydrogen) atoms. The highest BCUT2D eigenvalue weighted by Crippen LogP contribution is 2.23. The zero-order valence-corrected chi connectivity index (χ0v) is 12.7. The third kappa shape index (κ3) is 3.88. The lowest BCUT2D eigenvalue weighted by Crippen LogP contribution is -2.41. The van der Waals surface area contributed by atoms with Gasteiger partial charge in [0.2, 0.25) is 0 Å². The summed E-state index contributed by atoms with van der Waals surface area (Å²) in [6, 6.07) is 0.701. The van der Waals surface area contributed by atoms with E-state index < -0.39 is 9.84 Å². The molecular weight excluding hydrogens is 268 g/mol. The van der Waals surface area contributed by atoms with E-state index in [0.29, 0.717) is 36.3 Å². The van der Waals surface area contributed by atoms with E-state index in [1.165, 1.54) is 0 Å². The molecule has 6 heteroatoms. The van der Waals surface area contributed by atoms with Gasteiger partial charge in [-0.3, -0.25) is 4.99 Å². The van der Waals surface area contributed by atoms with Crippen LogP contribution in [0.3, 0.4) is 0 Å². The number of thioether (sulfide) groups is 1. The van der Waals surface area contributed by atoms with E-state index in [1.54, 1.807) is 11.8 Å². The largest absolute Gasteiger partial charge is 0.362 e. The van der Waals surface area contributed by atoms with Crippen molar-refractivity contribution in [1.82, 2.24) is 5.32 Å². The summed E-state index contributed by atoms with van der Waals surface area (Å²) in [6.45, 7) is 4.41. The molecule has 1 atom stereocenters. The van der Waals surface area contributed by atoms with Crippen molar-refractivity contribution in [1.29, 1.82) is 0 Å². The van der Waals surface area contributed by atoms with Crippen LogP contribution in [0.15, 0.2) is 4.99 Å². The maximum Gasteiger partial charge on any atom is 0.157 e. The van der Waals surface area contributed by atoms with Crippen molar-refractivity contribution in [3.8, 4) is 0 Å². The van der Waals surface area contributed by atoms with Gasteiger partial charge in [0.05, 0.1) is 17.5 Å². The van der Waals surface area contributed by atoms with E-state index >= 15 is 0 Å². The second-order valence-electron chi connectivity index (χ2n) is 5.45. The third-order valence-electron chi connectivity index (χ3n) is 3.59. The molecule has 2 rings (SSSR count). The highest BCUT2D eigenvalue weighted by molar-refractivity contribution is 8.13. The molecule has 0 aromatic rings. The predicted molar refractivity (Wildman–Crippen MR) is 77.9 cm³/mol. The number of hydrogen-bond donors (Lipinski definition) is 1. The van der Waals surface area contributed by atoms with Crippen LogP contribution in [0.4, 0.5) is 0 Å². The topological polar surface area (TPSA) is 58.5 Å². The third-order valence-corrected chi connectivity index (χ3v) is 6.24. The molecule has 2 heterocycles. The lowest BCUT2D eigenvalue weighted by molar-refractivity contribution is 0.477. The van der Waals surface area contributed by atoms with Crippen molar-refractivity contribution in [2.75, 3.05) is 17.3 Å². The fourth-order valence-corrected chi connectivity index (χ4v) is 4.80. The smallest absolute Gasteiger partial charge is 0.157 e. The molecule has 0 saturated carbocycles. The van der Waals surface area contributed by atoms with Crippen molar-refractivity contribution in [3.63, 3.8) is 0 Å². The van der Waals surface area contributed by atoms with E-state index in [4.69, 9.17) is 4.99 Å². The summed E-state index contributed by atoms with van der Waals surface area (Å²) in [6.07, 6.45) is 2.58. The molecule has 0 aromatic heterocycles. The zero-order valence-electron chi connectivity index (χ0n) is 11.1. The SMILES string of the molecule is CC(C)C1CCSC(NC2CCS(=O)(=O)CC2)=N1. The highest BCUT2D eigenvalue weighted by atomic mass is 32.2. The Bertz CT molecular complexity index is 404. The van der Waals surface area contributed by atoms with Crippen LogP contribution in [-0.4, -0.2) is 42.9 Å². The van der Waals surface area contributed by atoms with Gasteiger partial charge in [-0.1, -0.05) is 25.6 Å². The summed E-state index contributed by atoms with van der Waals surface area (Å²) >= 11 is 1.77. The van der Waals surface area contributed by atoms with E-state index in [0.717, 1.165) is 17.3 Å². The Labute approximate surface area is 114 Å². The normalized spacial score (nSPS) is 29.1. The Morgan fingerprint density at radius 3 is 2.56 bits per heavy atom. The van der Waals surface area contributed by atoms with Crippen LogP contribution >= 0.6 is 11.8 Å². The van der Waals surface area contributed by atoms with E-state index in [-0.39, 0.29) is 6.04 Å².